The van der Waals surface area contributed by atoms with E-state index in [-0.39, 0.29) is 5.56 Å². The normalized spacial score (nSPS) is 15.2. The molecular formula is C11H10N2O3. The second kappa shape index (κ2) is 3.23. The molecule has 82 valence electrons. The summed E-state index contributed by atoms with van der Waals surface area (Å²) in [5, 5.41) is 16.8. The minimum atomic E-state index is -1.00. The largest absolute Gasteiger partial charge is 0.478 e. The fourth-order valence-electron chi connectivity index (χ4n) is 1.66. The van der Waals surface area contributed by atoms with Crippen LogP contribution in [0.15, 0.2) is 22.7 Å². The number of carboxylic acids is 1. The van der Waals surface area contributed by atoms with Gasteiger partial charge >= 0.3 is 5.97 Å². The van der Waals surface area contributed by atoms with Crippen LogP contribution in [0.4, 0.5) is 5.82 Å². The first-order valence-electron chi connectivity index (χ1n) is 5.14. The second-order valence-electron chi connectivity index (χ2n) is 3.94. The van der Waals surface area contributed by atoms with E-state index in [1.54, 1.807) is 6.07 Å². The van der Waals surface area contributed by atoms with Gasteiger partial charge in [0.25, 0.3) is 0 Å². The molecule has 1 aromatic heterocycles. The Kier molecular flexibility index (Phi) is 1.86. The van der Waals surface area contributed by atoms with Gasteiger partial charge in [0.15, 0.2) is 11.4 Å². The maximum absolute atomic E-state index is 11.0. The van der Waals surface area contributed by atoms with E-state index in [1.807, 2.05) is 6.07 Å². The van der Waals surface area contributed by atoms with E-state index in [9.17, 15) is 4.79 Å². The predicted octanol–water partition coefficient (Wildman–Crippen LogP) is 2.10. The molecule has 1 aliphatic rings. The molecule has 0 atom stereocenters. The molecule has 0 aliphatic heterocycles. The maximum atomic E-state index is 11.0. The first-order valence-corrected chi connectivity index (χ1v) is 5.14. The molecule has 0 saturated heterocycles. The SMILES string of the molecule is O=C(O)c1cccc2c(NC3CC3)noc12. The average molecular weight is 218 g/mol. The molecule has 0 amide bonds. The number of hydrogen-bond donors (Lipinski definition) is 2. The quantitative estimate of drug-likeness (QED) is 0.825. The summed E-state index contributed by atoms with van der Waals surface area (Å²) >= 11 is 0. The Hall–Kier alpha value is -2.04. The van der Waals surface area contributed by atoms with E-state index in [4.69, 9.17) is 9.63 Å². The molecule has 1 aliphatic carbocycles. The van der Waals surface area contributed by atoms with Gasteiger partial charge in [-0.25, -0.2) is 4.79 Å². The smallest absolute Gasteiger partial charge is 0.339 e. The van der Waals surface area contributed by atoms with Crippen LogP contribution >= 0.6 is 0 Å². The summed E-state index contributed by atoms with van der Waals surface area (Å²) in [4.78, 5) is 11.0. The van der Waals surface area contributed by atoms with Gasteiger partial charge in [0.1, 0.15) is 5.56 Å². The third kappa shape index (κ3) is 1.41. The summed E-state index contributed by atoms with van der Waals surface area (Å²) < 4.78 is 5.08. The van der Waals surface area contributed by atoms with Gasteiger partial charge in [-0.15, -0.1) is 0 Å². The highest BCUT2D eigenvalue weighted by Gasteiger charge is 2.24. The molecule has 3 rings (SSSR count). The minimum Gasteiger partial charge on any atom is -0.478 e. The van der Waals surface area contributed by atoms with Gasteiger partial charge in [0.2, 0.25) is 0 Å². The van der Waals surface area contributed by atoms with Gasteiger partial charge in [0, 0.05) is 6.04 Å². The van der Waals surface area contributed by atoms with Crippen LogP contribution in [0, 0.1) is 0 Å². The molecule has 1 saturated carbocycles. The Bertz CT molecular complexity index is 557. The monoisotopic (exact) mass is 218 g/mol. The molecule has 5 nitrogen and oxygen atoms in total. The molecule has 2 aromatic rings. The van der Waals surface area contributed by atoms with Crippen molar-refractivity contribution in [3.05, 3.63) is 23.8 Å². The van der Waals surface area contributed by atoms with Crippen LogP contribution in [0.25, 0.3) is 11.0 Å². The van der Waals surface area contributed by atoms with Crippen LogP contribution in [-0.2, 0) is 0 Å². The second-order valence-corrected chi connectivity index (χ2v) is 3.94. The zero-order valence-corrected chi connectivity index (χ0v) is 8.43. The Morgan fingerprint density at radius 3 is 3.00 bits per heavy atom. The van der Waals surface area contributed by atoms with Crippen molar-refractivity contribution >= 4 is 22.8 Å². The van der Waals surface area contributed by atoms with Crippen molar-refractivity contribution in [2.75, 3.05) is 5.32 Å². The lowest BCUT2D eigenvalue weighted by Crippen LogP contribution is -2.01. The Labute approximate surface area is 91.0 Å². The van der Waals surface area contributed by atoms with Crippen molar-refractivity contribution in [3.8, 4) is 0 Å². The lowest BCUT2D eigenvalue weighted by atomic mass is 10.1. The lowest BCUT2D eigenvalue weighted by Gasteiger charge is -1.98. The molecule has 0 unspecified atom stereocenters. The van der Waals surface area contributed by atoms with E-state index in [0.29, 0.717) is 17.4 Å². The summed E-state index contributed by atoms with van der Waals surface area (Å²) in [5.41, 5.74) is 0.479. The standard InChI is InChI=1S/C11H10N2O3/c14-11(15)8-3-1-2-7-9(8)16-13-10(7)12-6-4-5-6/h1-3,6H,4-5H2,(H,12,13)(H,14,15). The van der Waals surface area contributed by atoms with E-state index in [0.717, 1.165) is 18.2 Å². The fraction of sp³-hybridized carbons (Fsp3) is 0.273. The van der Waals surface area contributed by atoms with Gasteiger partial charge in [-0.3, -0.25) is 0 Å². The molecule has 16 heavy (non-hydrogen) atoms. The van der Waals surface area contributed by atoms with Gasteiger partial charge in [0.05, 0.1) is 5.39 Å². The van der Waals surface area contributed by atoms with E-state index >= 15 is 0 Å². The summed E-state index contributed by atoms with van der Waals surface area (Å²) in [7, 11) is 0. The number of carbonyl (C=O) groups is 1. The fourth-order valence-corrected chi connectivity index (χ4v) is 1.66. The van der Waals surface area contributed by atoms with Crippen LogP contribution in [0.3, 0.4) is 0 Å². The van der Waals surface area contributed by atoms with Crippen molar-refractivity contribution in [2.24, 2.45) is 0 Å². The molecule has 0 radical (unpaired) electrons. The van der Waals surface area contributed by atoms with Gasteiger partial charge in [-0.2, -0.15) is 0 Å². The van der Waals surface area contributed by atoms with Crippen molar-refractivity contribution in [3.63, 3.8) is 0 Å². The molecule has 1 aromatic carbocycles. The number of fused-ring (bicyclic) bond motifs is 1. The number of benzene rings is 1. The van der Waals surface area contributed by atoms with Gasteiger partial charge < -0.3 is 14.9 Å². The predicted molar refractivity (Wildman–Crippen MR) is 57.6 cm³/mol. The summed E-state index contributed by atoms with van der Waals surface area (Å²) in [6.07, 6.45) is 2.26. The minimum absolute atomic E-state index is 0.147. The van der Waals surface area contributed by atoms with Crippen molar-refractivity contribution in [1.82, 2.24) is 5.16 Å². The highest BCUT2D eigenvalue weighted by atomic mass is 16.5. The number of aromatic nitrogens is 1. The first-order chi connectivity index (χ1) is 7.75. The maximum Gasteiger partial charge on any atom is 0.339 e. The summed E-state index contributed by atoms with van der Waals surface area (Å²) in [5.74, 6) is -0.361. The Balaban J connectivity index is 2.11. The lowest BCUT2D eigenvalue weighted by molar-refractivity contribution is 0.0697. The molecule has 2 N–H and O–H groups in total. The molecule has 1 fully saturated rings. The number of nitrogens with one attached hydrogen (secondary N) is 1. The number of hydrogen-bond acceptors (Lipinski definition) is 4. The highest BCUT2D eigenvalue weighted by Crippen LogP contribution is 2.30. The Morgan fingerprint density at radius 1 is 1.50 bits per heavy atom. The van der Waals surface area contributed by atoms with Crippen LogP contribution in [0.2, 0.25) is 0 Å². The highest BCUT2D eigenvalue weighted by molar-refractivity contribution is 6.03. The number of aromatic carboxylic acids is 1. The number of nitrogens with zero attached hydrogens (tertiary/aromatic N) is 1. The number of carboxylic acid groups (broad SMARTS) is 1. The van der Waals surface area contributed by atoms with Crippen LogP contribution < -0.4 is 5.32 Å². The van der Waals surface area contributed by atoms with E-state index < -0.39 is 5.97 Å². The number of para-hydroxylation sites is 1. The Morgan fingerprint density at radius 2 is 2.31 bits per heavy atom. The molecule has 5 heteroatoms. The van der Waals surface area contributed by atoms with E-state index in [1.165, 1.54) is 6.07 Å². The van der Waals surface area contributed by atoms with E-state index in [2.05, 4.69) is 10.5 Å². The molecule has 1 heterocycles. The topological polar surface area (TPSA) is 75.4 Å². The number of rotatable bonds is 3. The first kappa shape index (κ1) is 9.21. The third-order valence-corrected chi connectivity index (χ3v) is 2.65. The zero-order chi connectivity index (χ0) is 11.1. The summed E-state index contributed by atoms with van der Waals surface area (Å²) in [6, 6.07) is 5.47. The van der Waals surface area contributed by atoms with Gasteiger partial charge in [-0.1, -0.05) is 11.2 Å². The summed E-state index contributed by atoms with van der Waals surface area (Å²) in [6.45, 7) is 0. The molecule has 0 spiro atoms. The van der Waals surface area contributed by atoms with Crippen LogP contribution in [0.5, 0.6) is 0 Å². The van der Waals surface area contributed by atoms with Crippen LogP contribution in [-0.4, -0.2) is 22.3 Å². The average Bonchev–Trinajstić information content (AvgIpc) is 2.98. The van der Waals surface area contributed by atoms with Crippen molar-refractivity contribution in [2.45, 2.75) is 18.9 Å². The third-order valence-electron chi connectivity index (χ3n) is 2.65. The van der Waals surface area contributed by atoms with Crippen LogP contribution in [0.1, 0.15) is 23.2 Å². The van der Waals surface area contributed by atoms with Gasteiger partial charge in [-0.05, 0) is 25.0 Å². The molecular weight excluding hydrogens is 208 g/mol. The van der Waals surface area contributed by atoms with Crippen molar-refractivity contribution in [1.29, 1.82) is 0 Å². The molecule has 0 bridgehead atoms. The zero-order valence-electron chi connectivity index (χ0n) is 8.43. The number of anilines is 1. The van der Waals surface area contributed by atoms with Crippen molar-refractivity contribution < 1.29 is 14.4 Å².